The van der Waals surface area contributed by atoms with Gasteiger partial charge in [0.2, 0.25) is 0 Å². The van der Waals surface area contributed by atoms with Crippen molar-refractivity contribution in [3.8, 4) is 23.3 Å². The van der Waals surface area contributed by atoms with E-state index in [0.717, 1.165) is 0 Å². The summed E-state index contributed by atoms with van der Waals surface area (Å²) in [5.74, 6) is 1.23. The van der Waals surface area contributed by atoms with Gasteiger partial charge in [-0.3, -0.25) is 10.1 Å². The maximum atomic E-state index is 11.2. The molecule has 2 aromatic carbocycles. The van der Waals surface area contributed by atoms with Gasteiger partial charge in [-0.25, -0.2) is 0 Å². The molecule has 0 saturated heterocycles. The summed E-state index contributed by atoms with van der Waals surface area (Å²) in [6, 6.07) is 11.8. The summed E-state index contributed by atoms with van der Waals surface area (Å²) in [5, 5.41) is 20.7. The van der Waals surface area contributed by atoms with Crippen LogP contribution in [0.15, 0.2) is 36.4 Å². The predicted octanol–water partition coefficient (Wildman–Crippen LogP) is 4.07. The molecule has 0 fully saturated rings. The van der Waals surface area contributed by atoms with Crippen molar-refractivity contribution in [3.05, 3.63) is 57.6 Å². The molecule has 0 aliphatic carbocycles. The molecule has 0 amide bonds. The zero-order valence-corrected chi connectivity index (χ0v) is 14.7. The Morgan fingerprint density at radius 2 is 1.85 bits per heavy atom. The molecule has 26 heavy (non-hydrogen) atoms. The van der Waals surface area contributed by atoms with Crippen LogP contribution >= 0.6 is 0 Å². The maximum absolute atomic E-state index is 11.2. The fourth-order valence-corrected chi connectivity index (χ4v) is 2.39. The molecule has 2 aromatic rings. The Morgan fingerprint density at radius 1 is 1.15 bits per heavy atom. The first-order valence-corrected chi connectivity index (χ1v) is 7.79. The number of nitro groups is 1. The Balaban J connectivity index is 2.48. The van der Waals surface area contributed by atoms with Gasteiger partial charge in [0, 0.05) is 6.07 Å². The molecule has 0 radical (unpaired) electrons. The van der Waals surface area contributed by atoms with Crippen LogP contribution in [-0.4, -0.2) is 25.7 Å². The SMILES string of the molecule is CCOc1ccc(C=C(C#N)c2ccc(OC)c(OC)c2)cc1[N+](=O)[O-]. The quantitative estimate of drug-likeness (QED) is 0.322. The Kier molecular flexibility index (Phi) is 6.17. The zero-order chi connectivity index (χ0) is 19.1. The number of allylic oxidation sites excluding steroid dienone is 1. The van der Waals surface area contributed by atoms with E-state index in [1.807, 2.05) is 0 Å². The average Bonchev–Trinajstić information content (AvgIpc) is 2.66. The van der Waals surface area contributed by atoms with Gasteiger partial charge in [-0.2, -0.15) is 5.26 Å². The topological polar surface area (TPSA) is 94.6 Å². The number of nitro benzene ring substituents is 1. The van der Waals surface area contributed by atoms with Gasteiger partial charge in [0.05, 0.1) is 37.4 Å². The van der Waals surface area contributed by atoms with Crippen LogP contribution in [0, 0.1) is 21.4 Å². The summed E-state index contributed by atoms with van der Waals surface area (Å²) < 4.78 is 15.7. The van der Waals surface area contributed by atoms with Crippen LogP contribution in [-0.2, 0) is 0 Å². The summed E-state index contributed by atoms with van der Waals surface area (Å²) in [5.41, 5.74) is 1.32. The van der Waals surface area contributed by atoms with Gasteiger partial charge in [-0.15, -0.1) is 0 Å². The predicted molar refractivity (Wildman–Crippen MR) is 97.3 cm³/mol. The van der Waals surface area contributed by atoms with Crippen molar-refractivity contribution in [2.24, 2.45) is 0 Å². The van der Waals surface area contributed by atoms with Crippen molar-refractivity contribution < 1.29 is 19.1 Å². The molecule has 0 bridgehead atoms. The van der Waals surface area contributed by atoms with E-state index in [2.05, 4.69) is 6.07 Å². The van der Waals surface area contributed by atoms with E-state index >= 15 is 0 Å². The lowest BCUT2D eigenvalue weighted by Crippen LogP contribution is -1.97. The molecule has 134 valence electrons. The van der Waals surface area contributed by atoms with Crippen LogP contribution in [0.3, 0.4) is 0 Å². The molecule has 0 N–H and O–H groups in total. The first kappa shape index (κ1) is 18.8. The van der Waals surface area contributed by atoms with Crippen molar-refractivity contribution >= 4 is 17.3 Å². The molecule has 0 aromatic heterocycles. The van der Waals surface area contributed by atoms with Crippen LogP contribution < -0.4 is 14.2 Å². The second kappa shape index (κ2) is 8.53. The number of benzene rings is 2. The lowest BCUT2D eigenvalue weighted by molar-refractivity contribution is -0.385. The number of rotatable bonds is 7. The largest absolute Gasteiger partial charge is 0.493 e. The first-order chi connectivity index (χ1) is 12.5. The third-order valence-electron chi connectivity index (χ3n) is 3.61. The summed E-state index contributed by atoms with van der Waals surface area (Å²) in [6.07, 6.45) is 1.57. The van der Waals surface area contributed by atoms with Crippen LogP contribution in [0.5, 0.6) is 17.2 Å². The lowest BCUT2D eigenvalue weighted by atomic mass is 10.0. The van der Waals surface area contributed by atoms with E-state index in [1.54, 1.807) is 37.3 Å². The third-order valence-corrected chi connectivity index (χ3v) is 3.61. The van der Waals surface area contributed by atoms with Gasteiger partial charge in [-0.05, 0) is 48.4 Å². The highest BCUT2D eigenvalue weighted by Gasteiger charge is 2.16. The molecule has 0 unspecified atom stereocenters. The number of nitrogens with zero attached hydrogens (tertiary/aromatic N) is 2. The number of ether oxygens (including phenoxy) is 3. The highest BCUT2D eigenvalue weighted by atomic mass is 16.6. The fraction of sp³-hybridized carbons (Fsp3) is 0.211. The average molecular weight is 354 g/mol. The van der Waals surface area contributed by atoms with E-state index in [1.165, 1.54) is 26.4 Å². The Bertz CT molecular complexity index is 884. The highest BCUT2D eigenvalue weighted by Crippen LogP contribution is 2.32. The summed E-state index contributed by atoms with van der Waals surface area (Å²) in [7, 11) is 3.03. The molecule has 0 atom stereocenters. The maximum Gasteiger partial charge on any atom is 0.311 e. The Labute approximate surface area is 151 Å². The molecule has 0 aliphatic heterocycles. The number of nitriles is 1. The minimum absolute atomic E-state index is 0.148. The number of hydrogen-bond donors (Lipinski definition) is 0. The van der Waals surface area contributed by atoms with Crippen LogP contribution in [0.1, 0.15) is 18.1 Å². The van der Waals surface area contributed by atoms with Crippen molar-refractivity contribution in [1.82, 2.24) is 0 Å². The van der Waals surface area contributed by atoms with Crippen molar-refractivity contribution in [3.63, 3.8) is 0 Å². The molecule has 0 saturated carbocycles. The second-order valence-corrected chi connectivity index (χ2v) is 5.16. The fourth-order valence-electron chi connectivity index (χ4n) is 2.39. The first-order valence-electron chi connectivity index (χ1n) is 7.79. The molecule has 0 heterocycles. The minimum Gasteiger partial charge on any atom is -0.493 e. The Hall–Kier alpha value is -3.53. The monoisotopic (exact) mass is 354 g/mol. The Morgan fingerprint density at radius 3 is 2.42 bits per heavy atom. The van der Waals surface area contributed by atoms with E-state index in [0.29, 0.717) is 34.8 Å². The van der Waals surface area contributed by atoms with E-state index < -0.39 is 4.92 Å². The van der Waals surface area contributed by atoms with Crippen molar-refractivity contribution in [2.45, 2.75) is 6.92 Å². The normalized spacial score (nSPS) is 10.8. The van der Waals surface area contributed by atoms with Crippen LogP contribution in [0.2, 0.25) is 0 Å². The second-order valence-electron chi connectivity index (χ2n) is 5.16. The molecular weight excluding hydrogens is 336 g/mol. The molecule has 7 nitrogen and oxygen atoms in total. The number of hydrogen-bond acceptors (Lipinski definition) is 6. The molecule has 7 heteroatoms. The smallest absolute Gasteiger partial charge is 0.311 e. The molecular formula is C19H18N2O5. The molecule has 2 rings (SSSR count). The third kappa shape index (κ3) is 4.11. The van der Waals surface area contributed by atoms with Crippen molar-refractivity contribution in [1.29, 1.82) is 5.26 Å². The van der Waals surface area contributed by atoms with Gasteiger partial charge in [0.15, 0.2) is 17.2 Å². The minimum atomic E-state index is -0.509. The van der Waals surface area contributed by atoms with Crippen molar-refractivity contribution in [2.75, 3.05) is 20.8 Å². The summed E-state index contributed by atoms with van der Waals surface area (Å²) in [4.78, 5) is 10.7. The number of methoxy groups -OCH3 is 2. The standard InChI is InChI=1S/C19H18N2O5/c1-4-26-17-7-5-13(10-16(17)21(22)23)9-15(12-20)14-6-8-18(24-2)19(11-14)25-3/h5-11H,4H2,1-3H3. The van der Waals surface area contributed by atoms with Gasteiger partial charge in [0.25, 0.3) is 0 Å². The van der Waals surface area contributed by atoms with Gasteiger partial charge in [0.1, 0.15) is 0 Å². The van der Waals surface area contributed by atoms with Gasteiger partial charge < -0.3 is 14.2 Å². The lowest BCUT2D eigenvalue weighted by Gasteiger charge is -2.09. The summed E-state index contributed by atoms with van der Waals surface area (Å²) >= 11 is 0. The zero-order valence-electron chi connectivity index (χ0n) is 14.7. The highest BCUT2D eigenvalue weighted by molar-refractivity contribution is 5.90. The molecule has 0 spiro atoms. The van der Waals surface area contributed by atoms with E-state index in [4.69, 9.17) is 14.2 Å². The van der Waals surface area contributed by atoms with E-state index in [-0.39, 0.29) is 11.4 Å². The van der Waals surface area contributed by atoms with E-state index in [9.17, 15) is 15.4 Å². The van der Waals surface area contributed by atoms with Gasteiger partial charge in [-0.1, -0.05) is 6.07 Å². The van der Waals surface area contributed by atoms with Gasteiger partial charge >= 0.3 is 5.69 Å². The molecule has 0 aliphatic rings. The van der Waals surface area contributed by atoms with Crippen LogP contribution in [0.25, 0.3) is 11.6 Å². The van der Waals surface area contributed by atoms with Crippen LogP contribution in [0.4, 0.5) is 5.69 Å². The summed E-state index contributed by atoms with van der Waals surface area (Å²) in [6.45, 7) is 2.08.